The van der Waals surface area contributed by atoms with Gasteiger partial charge in [-0.05, 0) is 19.3 Å². The van der Waals surface area contributed by atoms with Crippen molar-refractivity contribution in [1.29, 1.82) is 0 Å². The second-order valence-electron chi connectivity index (χ2n) is 6.03. The Morgan fingerprint density at radius 3 is 2.52 bits per heavy atom. The minimum atomic E-state index is -0.0252. The minimum Gasteiger partial charge on any atom is -0.354 e. The summed E-state index contributed by atoms with van der Waals surface area (Å²) in [5, 5.41) is 6.67. The lowest BCUT2D eigenvalue weighted by molar-refractivity contribution is -0.132. The number of piperidine rings is 1. The topological polar surface area (TPSA) is 77.0 Å². The fourth-order valence-electron chi connectivity index (χ4n) is 2.17. The van der Waals surface area contributed by atoms with Crippen LogP contribution >= 0.6 is 0 Å². The Balaban J connectivity index is 1.90. The van der Waals surface area contributed by atoms with Crippen molar-refractivity contribution in [3.8, 4) is 0 Å². The van der Waals surface area contributed by atoms with Crippen molar-refractivity contribution < 1.29 is 9.59 Å². The van der Waals surface area contributed by atoms with E-state index in [2.05, 4.69) is 15.6 Å². The first-order valence-corrected chi connectivity index (χ1v) is 7.47. The van der Waals surface area contributed by atoms with Crippen LogP contribution in [0.5, 0.6) is 0 Å². The average Bonchev–Trinajstić information content (AvgIpc) is 3.23. The van der Waals surface area contributed by atoms with Crippen LogP contribution in [0.25, 0.3) is 0 Å². The van der Waals surface area contributed by atoms with Gasteiger partial charge in [0.25, 0.3) is 0 Å². The summed E-state index contributed by atoms with van der Waals surface area (Å²) in [4.78, 5) is 30.8. The van der Waals surface area contributed by atoms with Crippen LogP contribution in [0, 0.1) is 0 Å². The second kappa shape index (κ2) is 6.78. The van der Waals surface area contributed by atoms with Gasteiger partial charge in [-0.25, -0.2) is 4.99 Å². The van der Waals surface area contributed by atoms with E-state index in [0.29, 0.717) is 25.0 Å². The highest BCUT2D eigenvalue weighted by atomic mass is 16.2. The van der Waals surface area contributed by atoms with Crippen molar-refractivity contribution >= 4 is 17.8 Å². The van der Waals surface area contributed by atoms with Crippen molar-refractivity contribution in [1.82, 2.24) is 20.4 Å². The molecule has 0 bridgehead atoms. The highest BCUT2D eigenvalue weighted by Crippen LogP contribution is 2.18. The Morgan fingerprint density at radius 1 is 1.29 bits per heavy atom. The van der Waals surface area contributed by atoms with Crippen LogP contribution in [-0.2, 0) is 9.59 Å². The predicted octanol–water partition coefficient (Wildman–Crippen LogP) is -0.607. The standard InChI is InChI=1S/C14H25N5O2/c1-18(2)13(21)8-15-14(16-10-4-5-10)17-11-6-7-12(20)19(3)9-11/h10-11H,4-9H2,1-3H3,(H2,15,16,17). The number of carbonyl (C=O) groups is 2. The largest absolute Gasteiger partial charge is 0.354 e. The molecule has 1 aliphatic heterocycles. The summed E-state index contributed by atoms with van der Waals surface area (Å²) in [6.45, 7) is 0.808. The number of guanidine groups is 1. The van der Waals surface area contributed by atoms with Crippen molar-refractivity contribution in [2.45, 2.75) is 37.8 Å². The van der Waals surface area contributed by atoms with Gasteiger partial charge in [0, 0.05) is 46.2 Å². The SMILES string of the molecule is CN(C)C(=O)CN=C(NC1CC1)NC1CCC(=O)N(C)C1. The van der Waals surface area contributed by atoms with E-state index >= 15 is 0 Å². The molecule has 0 aromatic rings. The molecule has 0 radical (unpaired) electrons. The number of rotatable bonds is 4. The number of hydrogen-bond acceptors (Lipinski definition) is 3. The first-order chi connectivity index (χ1) is 9.95. The van der Waals surface area contributed by atoms with E-state index in [1.807, 2.05) is 7.05 Å². The molecule has 2 N–H and O–H groups in total. The third-order valence-corrected chi connectivity index (χ3v) is 3.76. The van der Waals surface area contributed by atoms with Crippen LogP contribution in [0.2, 0.25) is 0 Å². The number of hydrogen-bond donors (Lipinski definition) is 2. The molecule has 0 aromatic carbocycles. The van der Waals surface area contributed by atoms with Gasteiger partial charge in [-0.1, -0.05) is 0 Å². The third-order valence-electron chi connectivity index (χ3n) is 3.76. The highest BCUT2D eigenvalue weighted by molar-refractivity contribution is 5.85. The molecule has 1 unspecified atom stereocenters. The van der Waals surface area contributed by atoms with Gasteiger partial charge in [-0.15, -0.1) is 0 Å². The summed E-state index contributed by atoms with van der Waals surface area (Å²) < 4.78 is 0. The molecule has 0 aromatic heterocycles. The number of likely N-dealkylation sites (tertiary alicyclic amines) is 1. The maximum Gasteiger partial charge on any atom is 0.243 e. The third kappa shape index (κ3) is 4.91. The summed E-state index contributed by atoms with van der Waals surface area (Å²) >= 11 is 0. The zero-order valence-corrected chi connectivity index (χ0v) is 13.1. The van der Waals surface area contributed by atoms with Crippen molar-refractivity contribution in [2.24, 2.45) is 4.99 Å². The highest BCUT2D eigenvalue weighted by Gasteiger charge is 2.26. The van der Waals surface area contributed by atoms with E-state index in [0.717, 1.165) is 19.3 Å². The zero-order chi connectivity index (χ0) is 15.4. The number of amides is 2. The number of carbonyl (C=O) groups excluding carboxylic acids is 2. The van der Waals surface area contributed by atoms with E-state index in [4.69, 9.17) is 0 Å². The van der Waals surface area contributed by atoms with Gasteiger partial charge < -0.3 is 20.4 Å². The predicted molar refractivity (Wildman–Crippen MR) is 80.9 cm³/mol. The Hall–Kier alpha value is -1.79. The molecule has 0 spiro atoms. The van der Waals surface area contributed by atoms with Crippen molar-refractivity contribution in [2.75, 3.05) is 34.2 Å². The van der Waals surface area contributed by atoms with Crippen molar-refractivity contribution in [3.63, 3.8) is 0 Å². The monoisotopic (exact) mass is 295 g/mol. The lowest BCUT2D eigenvalue weighted by Crippen LogP contribution is -2.52. The van der Waals surface area contributed by atoms with Gasteiger partial charge in [-0.3, -0.25) is 9.59 Å². The molecule has 21 heavy (non-hydrogen) atoms. The van der Waals surface area contributed by atoms with Crippen LogP contribution in [0.15, 0.2) is 4.99 Å². The summed E-state index contributed by atoms with van der Waals surface area (Å²) in [5.74, 6) is 0.841. The summed E-state index contributed by atoms with van der Waals surface area (Å²) in [7, 11) is 5.26. The molecule has 1 aliphatic carbocycles. The fourth-order valence-corrected chi connectivity index (χ4v) is 2.17. The van der Waals surface area contributed by atoms with Gasteiger partial charge in [0.1, 0.15) is 6.54 Å². The molecule has 7 nitrogen and oxygen atoms in total. The quantitative estimate of drug-likeness (QED) is 0.536. The molecular formula is C14H25N5O2. The Labute approximate surface area is 125 Å². The van der Waals surface area contributed by atoms with Crippen LogP contribution in [0.3, 0.4) is 0 Å². The first-order valence-electron chi connectivity index (χ1n) is 7.47. The Bertz CT molecular complexity index is 431. The number of aliphatic imine (C=N–C) groups is 1. The normalized spacial score (nSPS) is 23.0. The number of likely N-dealkylation sites (N-methyl/N-ethyl adjacent to an activating group) is 2. The molecule has 2 aliphatic rings. The smallest absolute Gasteiger partial charge is 0.243 e. The zero-order valence-electron chi connectivity index (χ0n) is 13.1. The van der Waals surface area contributed by atoms with Gasteiger partial charge in [0.2, 0.25) is 11.8 Å². The molecule has 2 amide bonds. The van der Waals surface area contributed by atoms with Crippen LogP contribution in [0.4, 0.5) is 0 Å². The van der Waals surface area contributed by atoms with E-state index in [1.165, 1.54) is 4.90 Å². The minimum absolute atomic E-state index is 0.0252. The van der Waals surface area contributed by atoms with Crippen molar-refractivity contribution in [3.05, 3.63) is 0 Å². The van der Waals surface area contributed by atoms with Gasteiger partial charge in [0.05, 0.1) is 0 Å². The number of nitrogens with one attached hydrogen (secondary N) is 2. The van der Waals surface area contributed by atoms with Crippen LogP contribution in [-0.4, -0.2) is 73.9 Å². The van der Waals surface area contributed by atoms with E-state index < -0.39 is 0 Å². The Kier molecular flexibility index (Phi) is 5.03. The molecule has 1 atom stereocenters. The molecule has 118 valence electrons. The maximum atomic E-state index is 11.6. The molecular weight excluding hydrogens is 270 g/mol. The molecule has 7 heteroatoms. The van der Waals surface area contributed by atoms with Gasteiger partial charge in [0.15, 0.2) is 5.96 Å². The fraction of sp³-hybridized carbons (Fsp3) is 0.786. The second-order valence-corrected chi connectivity index (χ2v) is 6.03. The molecule has 2 rings (SSSR count). The molecule has 2 fully saturated rings. The lowest BCUT2D eigenvalue weighted by atomic mass is 10.1. The van der Waals surface area contributed by atoms with Crippen LogP contribution < -0.4 is 10.6 Å². The van der Waals surface area contributed by atoms with Gasteiger partial charge in [-0.2, -0.15) is 0 Å². The van der Waals surface area contributed by atoms with Crippen LogP contribution in [0.1, 0.15) is 25.7 Å². The van der Waals surface area contributed by atoms with E-state index in [9.17, 15) is 9.59 Å². The van der Waals surface area contributed by atoms with E-state index in [1.54, 1.807) is 19.0 Å². The van der Waals surface area contributed by atoms with E-state index in [-0.39, 0.29) is 24.4 Å². The average molecular weight is 295 g/mol. The molecule has 1 saturated carbocycles. The summed E-state index contributed by atoms with van der Waals surface area (Å²) in [5.41, 5.74) is 0. The first kappa shape index (κ1) is 15.6. The lowest BCUT2D eigenvalue weighted by Gasteiger charge is -2.31. The molecule has 1 saturated heterocycles. The summed E-state index contributed by atoms with van der Waals surface area (Å²) in [6.07, 6.45) is 3.65. The Morgan fingerprint density at radius 2 is 1.95 bits per heavy atom. The summed E-state index contributed by atoms with van der Waals surface area (Å²) in [6, 6.07) is 0.654. The van der Waals surface area contributed by atoms with Gasteiger partial charge >= 0.3 is 0 Å². The number of nitrogens with zero attached hydrogens (tertiary/aromatic N) is 3. The molecule has 1 heterocycles. The maximum absolute atomic E-state index is 11.6.